The van der Waals surface area contributed by atoms with Crippen LogP contribution in [-0.4, -0.2) is 38.3 Å². The molecule has 6 heteroatoms. The number of hydrogen-bond donors (Lipinski definition) is 2. The molecule has 0 saturated carbocycles. The molecular weight excluding hydrogens is 276 g/mol. The SMILES string of the molecule is COCC1(CNc2nccc(C#N)c2Cl)CCNCC1. The molecule has 1 saturated heterocycles. The van der Waals surface area contributed by atoms with Crippen LogP contribution in [0.15, 0.2) is 12.3 Å². The van der Waals surface area contributed by atoms with Crippen LogP contribution < -0.4 is 10.6 Å². The molecule has 0 spiro atoms. The molecule has 0 radical (unpaired) electrons. The third kappa shape index (κ3) is 3.40. The molecule has 0 atom stereocenters. The minimum atomic E-state index is 0.0909. The smallest absolute Gasteiger partial charge is 0.146 e. The predicted molar refractivity (Wildman–Crippen MR) is 78.9 cm³/mol. The maximum absolute atomic E-state index is 8.98. The Morgan fingerprint density at radius 2 is 2.30 bits per heavy atom. The lowest BCUT2D eigenvalue weighted by Gasteiger charge is -2.37. The zero-order valence-corrected chi connectivity index (χ0v) is 12.3. The topological polar surface area (TPSA) is 70.0 Å². The van der Waals surface area contributed by atoms with Gasteiger partial charge in [0.25, 0.3) is 0 Å². The highest BCUT2D eigenvalue weighted by Crippen LogP contribution is 2.31. The summed E-state index contributed by atoms with van der Waals surface area (Å²) >= 11 is 6.16. The van der Waals surface area contributed by atoms with Gasteiger partial charge in [-0.05, 0) is 32.0 Å². The highest BCUT2D eigenvalue weighted by molar-refractivity contribution is 6.34. The van der Waals surface area contributed by atoms with Crippen molar-refractivity contribution in [3.63, 3.8) is 0 Å². The van der Waals surface area contributed by atoms with E-state index in [1.165, 1.54) is 0 Å². The van der Waals surface area contributed by atoms with Crippen LogP contribution in [0, 0.1) is 16.7 Å². The zero-order valence-electron chi connectivity index (χ0n) is 11.6. The van der Waals surface area contributed by atoms with E-state index in [0.29, 0.717) is 23.0 Å². The molecule has 1 aliphatic heterocycles. The van der Waals surface area contributed by atoms with Gasteiger partial charge in [0.2, 0.25) is 0 Å². The van der Waals surface area contributed by atoms with Crippen molar-refractivity contribution in [2.24, 2.45) is 5.41 Å². The summed E-state index contributed by atoms with van der Waals surface area (Å²) in [5, 5.41) is 16.0. The third-order valence-electron chi connectivity index (χ3n) is 3.76. The highest BCUT2D eigenvalue weighted by atomic mass is 35.5. The molecule has 0 aliphatic carbocycles. The Bertz CT molecular complexity index is 489. The number of aromatic nitrogens is 1. The van der Waals surface area contributed by atoms with E-state index in [1.54, 1.807) is 19.4 Å². The van der Waals surface area contributed by atoms with Crippen LogP contribution in [0.2, 0.25) is 5.02 Å². The molecule has 108 valence electrons. The van der Waals surface area contributed by atoms with Gasteiger partial charge in [0.15, 0.2) is 0 Å². The van der Waals surface area contributed by atoms with Gasteiger partial charge in [-0.1, -0.05) is 11.6 Å². The van der Waals surface area contributed by atoms with Gasteiger partial charge in [-0.25, -0.2) is 4.98 Å². The summed E-state index contributed by atoms with van der Waals surface area (Å²) in [5.74, 6) is 0.569. The van der Waals surface area contributed by atoms with Crippen LogP contribution in [-0.2, 0) is 4.74 Å². The normalized spacial score (nSPS) is 17.4. The second kappa shape index (κ2) is 6.89. The number of ether oxygens (including phenoxy) is 1. The highest BCUT2D eigenvalue weighted by Gasteiger charge is 2.32. The molecule has 1 fully saturated rings. The Labute approximate surface area is 124 Å². The van der Waals surface area contributed by atoms with Gasteiger partial charge in [0.05, 0.1) is 12.2 Å². The summed E-state index contributed by atoms with van der Waals surface area (Å²) in [5.41, 5.74) is 0.531. The summed E-state index contributed by atoms with van der Waals surface area (Å²) < 4.78 is 5.37. The monoisotopic (exact) mass is 294 g/mol. The lowest BCUT2D eigenvalue weighted by Crippen LogP contribution is -2.44. The van der Waals surface area contributed by atoms with Gasteiger partial charge in [-0.15, -0.1) is 0 Å². The maximum atomic E-state index is 8.98. The first-order valence-electron chi connectivity index (χ1n) is 6.69. The fourth-order valence-corrected chi connectivity index (χ4v) is 2.78. The van der Waals surface area contributed by atoms with E-state index >= 15 is 0 Å². The second-order valence-electron chi connectivity index (χ2n) is 5.17. The van der Waals surface area contributed by atoms with Crippen LogP contribution in [0.3, 0.4) is 0 Å². The van der Waals surface area contributed by atoms with E-state index in [0.717, 1.165) is 32.5 Å². The number of methoxy groups -OCH3 is 1. The molecule has 2 N–H and O–H groups in total. The van der Waals surface area contributed by atoms with E-state index < -0.39 is 0 Å². The Kier molecular flexibility index (Phi) is 5.18. The minimum absolute atomic E-state index is 0.0909. The van der Waals surface area contributed by atoms with Gasteiger partial charge >= 0.3 is 0 Å². The van der Waals surface area contributed by atoms with Gasteiger partial charge < -0.3 is 15.4 Å². The number of nitrogens with zero attached hydrogens (tertiary/aromatic N) is 2. The van der Waals surface area contributed by atoms with E-state index in [2.05, 4.69) is 21.7 Å². The fraction of sp³-hybridized carbons (Fsp3) is 0.571. The van der Waals surface area contributed by atoms with Crippen molar-refractivity contribution in [2.45, 2.75) is 12.8 Å². The van der Waals surface area contributed by atoms with Gasteiger partial charge in [0.1, 0.15) is 16.9 Å². The number of halogens is 1. The maximum Gasteiger partial charge on any atom is 0.146 e. The van der Waals surface area contributed by atoms with E-state index in [9.17, 15) is 0 Å². The van der Waals surface area contributed by atoms with Crippen molar-refractivity contribution in [2.75, 3.05) is 38.7 Å². The van der Waals surface area contributed by atoms with Gasteiger partial charge in [0, 0.05) is 25.3 Å². The molecule has 20 heavy (non-hydrogen) atoms. The largest absolute Gasteiger partial charge is 0.384 e. The third-order valence-corrected chi connectivity index (χ3v) is 4.14. The second-order valence-corrected chi connectivity index (χ2v) is 5.55. The van der Waals surface area contributed by atoms with Gasteiger partial charge in [-0.3, -0.25) is 0 Å². The first-order valence-corrected chi connectivity index (χ1v) is 7.07. The first-order chi connectivity index (χ1) is 9.71. The Morgan fingerprint density at radius 1 is 1.55 bits per heavy atom. The summed E-state index contributed by atoms with van der Waals surface area (Å²) in [6.45, 7) is 3.43. The fourth-order valence-electron chi connectivity index (χ4n) is 2.56. The Morgan fingerprint density at radius 3 is 2.95 bits per heavy atom. The molecule has 0 unspecified atom stereocenters. The number of anilines is 1. The van der Waals surface area contributed by atoms with Crippen LogP contribution in [0.1, 0.15) is 18.4 Å². The molecule has 1 aromatic rings. The summed E-state index contributed by atoms with van der Waals surface area (Å²) in [6.07, 6.45) is 3.69. The van der Waals surface area contributed by atoms with Crippen molar-refractivity contribution in [1.82, 2.24) is 10.3 Å². The number of pyridine rings is 1. The van der Waals surface area contributed by atoms with Crippen molar-refractivity contribution < 1.29 is 4.74 Å². The number of nitriles is 1. The molecule has 0 aromatic carbocycles. The van der Waals surface area contributed by atoms with E-state index in [4.69, 9.17) is 21.6 Å². The molecular formula is C14H19ClN4O. The van der Waals surface area contributed by atoms with Crippen molar-refractivity contribution in [3.05, 3.63) is 22.8 Å². The lowest BCUT2D eigenvalue weighted by atomic mass is 9.79. The minimum Gasteiger partial charge on any atom is -0.384 e. The predicted octanol–water partition coefficient (Wildman–Crippen LogP) is 2.03. The van der Waals surface area contributed by atoms with Crippen molar-refractivity contribution in [3.8, 4) is 6.07 Å². The molecule has 0 amide bonds. The molecule has 1 aromatic heterocycles. The summed E-state index contributed by atoms with van der Waals surface area (Å²) in [4.78, 5) is 4.21. The Balaban J connectivity index is 2.08. The summed E-state index contributed by atoms with van der Waals surface area (Å²) in [6, 6.07) is 3.68. The van der Waals surface area contributed by atoms with E-state index in [1.807, 2.05) is 0 Å². The molecule has 2 heterocycles. The number of piperidine rings is 1. The first kappa shape index (κ1) is 15.0. The molecule has 2 rings (SSSR count). The van der Waals surface area contributed by atoms with Crippen molar-refractivity contribution >= 4 is 17.4 Å². The van der Waals surface area contributed by atoms with Crippen LogP contribution in [0.25, 0.3) is 0 Å². The average Bonchev–Trinajstić information content (AvgIpc) is 2.47. The van der Waals surface area contributed by atoms with Crippen LogP contribution >= 0.6 is 11.6 Å². The molecule has 1 aliphatic rings. The van der Waals surface area contributed by atoms with Crippen LogP contribution in [0.5, 0.6) is 0 Å². The molecule has 0 bridgehead atoms. The zero-order chi connectivity index (χ0) is 14.4. The average molecular weight is 295 g/mol. The van der Waals surface area contributed by atoms with Crippen molar-refractivity contribution in [1.29, 1.82) is 5.26 Å². The molecule has 5 nitrogen and oxygen atoms in total. The van der Waals surface area contributed by atoms with Gasteiger partial charge in [-0.2, -0.15) is 5.26 Å². The number of hydrogen-bond acceptors (Lipinski definition) is 5. The number of nitrogens with one attached hydrogen (secondary N) is 2. The Hall–Kier alpha value is -1.35. The lowest BCUT2D eigenvalue weighted by molar-refractivity contribution is 0.0635. The van der Waals surface area contributed by atoms with Crippen LogP contribution in [0.4, 0.5) is 5.82 Å². The quantitative estimate of drug-likeness (QED) is 0.869. The standard InChI is InChI=1S/C14H19ClN4O/c1-20-10-14(3-6-17-7-4-14)9-19-13-12(15)11(8-16)2-5-18-13/h2,5,17H,3-4,6-7,9-10H2,1H3,(H,18,19). The number of rotatable bonds is 5. The summed E-state index contributed by atoms with van der Waals surface area (Å²) in [7, 11) is 1.73. The van der Waals surface area contributed by atoms with E-state index in [-0.39, 0.29) is 5.41 Å².